The molecule has 1 amide bonds. The van der Waals surface area contributed by atoms with Crippen LogP contribution in [-0.2, 0) is 14.3 Å². The van der Waals surface area contributed by atoms with Crippen LogP contribution in [0, 0.1) is 0 Å². The van der Waals surface area contributed by atoms with Crippen LogP contribution in [0.5, 0.6) is 0 Å². The van der Waals surface area contributed by atoms with Crippen molar-refractivity contribution in [2.75, 3.05) is 20.2 Å². The quantitative estimate of drug-likeness (QED) is 0.541. The Morgan fingerprint density at radius 1 is 1.17 bits per heavy atom. The molecule has 1 heterocycles. The number of carbonyl (C=O) groups is 2. The molecule has 1 aromatic heterocycles. The number of methoxy groups -OCH3 is 1. The van der Waals surface area contributed by atoms with E-state index in [-0.39, 0.29) is 24.5 Å². The van der Waals surface area contributed by atoms with E-state index in [4.69, 9.17) is 0 Å². The smallest absolute Gasteiger partial charge is 0.305 e. The molecule has 2 aromatic rings. The molecule has 0 saturated heterocycles. The average Bonchev–Trinajstić information content (AvgIpc) is 3.14. The van der Waals surface area contributed by atoms with E-state index in [0.717, 1.165) is 5.56 Å². The van der Waals surface area contributed by atoms with Crippen molar-refractivity contribution in [3.8, 4) is 0 Å². The van der Waals surface area contributed by atoms with Crippen LogP contribution in [0.4, 0.5) is 0 Å². The largest absolute Gasteiger partial charge is 0.469 e. The predicted molar refractivity (Wildman–Crippen MR) is 94.9 cm³/mol. The van der Waals surface area contributed by atoms with Crippen molar-refractivity contribution in [1.29, 1.82) is 0 Å². The van der Waals surface area contributed by atoms with Gasteiger partial charge in [-0.1, -0.05) is 36.4 Å². The minimum atomic E-state index is -0.260. The zero-order valence-electron chi connectivity index (χ0n) is 13.7. The predicted octanol–water partition coefficient (Wildman–Crippen LogP) is 2.50. The lowest BCUT2D eigenvalue weighted by Crippen LogP contribution is -2.36. The Kier molecular flexibility index (Phi) is 7.45. The zero-order valence-corrected chi connectivity index (χ0v) is 14.5. The van der Waals surface area contributed by atoms with Gasteiger partial charge in [-0.25, -0.2) is 0 Å². The van der Waals surface area contributed by atoms with Gasteiger partial charge < -0.3 is 10.1 Å². The van der Waals surface area contributed by atoms with Gasteiger partial charge in [-0.05, 0) is 23.4 Å². The van der Waals surface area contributed by atoms with Crippen LogP contribution in [0.3, 0.4) is 0 Å². The van der Waals surface area contributed by atoms with Crippen LogP contribution in [0.25, 0.3) is 0 Å². The van der Waals surface area contributed by atoms with E-state index in [1.807, 2.05) is 41.8 Å². The highest BCUT2D eigenvalue weighted by atomic mass is 32.1. The lowest BCUT2D eigenvalue weighted by molar-refractivity contribution is -0.140. The fraction of sp³-hybridized carbons (Fsp3) is 0.333. The summed E-state index contributed by atoms with van der Waals surface area (Å²) in [6.45, 7) is 0.681. The molecular weight excluding hydrogens is 324 g/mol. The van der Waals surface area contributed by atoms with E-state index in [2.05, 4.69) is 21.4 Å². The van der Waals surface area contributed by atoms with Crippen molar-refractivity contribution >= 4 is 23.2 Å². The molecule has 128 valence electrons. The summed E-state index contributed by atoms with van der Waals surface area (Å²) in [5.74, 6) is -0.346. The van der Waals surface area contributed by atoms with Crippen LogP contribution in [-0.4, -0.2) is 32.1 Å². The Balaban J connectivity index is 1.83. The second-order valence-corrected chi connectivity index (χ2v) is 6.25. The van der Waals surface area contributed by atoms with Gasteiger partial charge in [0, 0.05) is 17.8 Å². The van der Waals surface area contributed by atoms with E-state index >= 15 is 0 Å². The highest BCUT2D eigenvalue weighted by molar-refractivity contribution is 7.10. The number of carbonyl (C=O) groups excluding carboxylic acids is 2. The van der Waals surface area contributed by atoms with Gasteiger partial charge in [0.2, 0.25) is 5.91 Å². The SMILES string of the molecule is COC(=O)CCCNC(=O)CN[C@@H](c1ccccc1)c1cccs1. The van der Waals surface area contributed by atoms with Gasteiger partial charge in [-0.2, -0.15) is 0 Å². The minimum absolute atomic E-state index is 0.00739. The third-order valence-electron chi connectivity index (χ3n) is 3.53. The van der Waals surface area contributed by atoms with Crippen LogP contribution in [0.1, 0.15) is 29.3 Å². The lowest BCUT2D eigenvalue weighted by Gasteiger charge is -2.18. The summed E-state index contributed by atoms with van der Waals surface area (Å²) in [6.07, 6.45) is 0.886. The Bertz CT molecular complexity index is 629. The number of nitrogens with one attached hydrogen (secondary N) is 2. The molecule has 0 aliphatic carbocycles. The fourth-order valence-corrected chi connectivity index (χ4v) is 3.13. The maximum Gasteiger partial charge on any atom is 0.305 e. The second-order valence-electron chi connectivity index (χ2n) is 5.27. The van der Waals surface area contributed by atoms with E-state index in [1.54, 1.807) is 11.3 Å². The van der Waals surface area contributed by atoms with Crippen molar-refractivity contribution in [2.24, 2.45) is 0 Å². The molecule has 0 fully saturated rings. The first-order valence-corrected chi connectivity index (χ1v) is 8.74. The molecule has 24 heavy (non-hydrogen) atoms. The van der Waals surface area contributed by atoms with E-state index in [9.17, 15) is 9.59 Å². The third kappa shape index (κ3) is 5.79. The van der Waals surface area contributed by atoms with E-state index in [1.165, 1.54) is 12.0 Å². The molecule has 0 aliphatic rings. The number of esters is 1. The van der Waals surface area contributed by atoms with Gasteiger partial charge in [0.05, 0.1) is 19.7 Å². The molecule has 1 atom stereocenters. The molecule has 1 aromatic carbocycles. The van der Waals surface area contributed by atoms with Gasteiger partial charge in [-0.3, -0.25) is 14.9 Å². The Labute approximate surface area is 146 Å². The highest BCUT2D eigenvalue weighted by Crippen LogP contribution is 2.25. The van der Waals surface area contributed by atoms with Gasteiger partial charge in [0.15, 0.2) is 0 Å². The van der Waals surface area contributed by atoms with Gasteiger partial charge >= 0.3 is 5.97 Å². The molecule has 0 saturated carbocycles. The molecule has 5 nitrogen and oxygen atoms in total. The number of hydrogen-bond acceptors (Lipinski definition) is 5. The first-order chi connectivity index (χ1) is 11.7. The molecule has 6 heteroatoms. The Morgan fingerprint density at radius 2 is 1.96 bits per heavy atom. The van der Waals surface area contributed by atoms with Crippen LogP contribution < -0.4 is 10.6 Å². The summed E-state index contributed by atoms with van der Waals surface area (Å²) >= 11 is 1.66. The molecule has 2 N–H and O–H groups in total. The number of rotatable bonds is 9. The number of thiophene rings is 1. The highest BCUT2D eigenvalue weighted by Gasteiger charge is 2.15. The summed E-state index contributed by atoms with van der Waals surface area (Å²) in [4.78, 5) is 24.2. The van der Waals surface area contributed by atoms with Crippen LogP contribution >= 0.6 is 11.3 Å². The number of ether oxygens (including phenoxy) is 1. The molecule has 2 rings (SSSR count). The monoisotopic (exact) mass is 346 g/mol. The Hall–Kier alpha value is -2.18. The zero-order chi connectivity index (χ0) is 17.2. The second kappa shape index (κ2) is 9.85. The van der Waals surface area contributed by atoms with Crippen molar-refractivity contribution in [2.45, 2.75) is 18.9 Å². The van der Waals surface area contributed by atoms with Gasteiger partial charge in [0.25, 0.3) is 0 Å². The summed E-state index contributed by atoms with van der Waals surface area (Å²) in [7, 11) is 1.36. The fourth-order valence-electron chi connectivity index (χ4n) is 2.30. The summed E-state index contributed by atoms with van der Waals surface area (Å²) < 4.78 is 4.56. The van der Waals surface area contributed by atoms with Crippen molar-refractivity contribution in [1.82, 2.24) is 10.6 Å². The summed E-state index contributed by atoms with van der Waals surface area (Å²) in [6, 6.07) is 14.1. The number of hydrogen-bond donors (Lipinski definition) is 2. The molecule has 0 unspecified atom stereocenters. The van der Waals surface area contributed by atoms with E-state index in [0.29, 0.717) is 19.4 Å². The lowest BCUT2D eigenvalue weighted by atomic mass is 10.1. The molecule has 0 bridgehead atoms. The van der Waals surface area contributed by atoms with Gasteiger partial charge in [0.1, 0.15) is 0 Å². The molecule has 0 spiro atoms. The third-order valence-corrected chi connectivity index (χ3v) is 4.47. The van der Waals surface area contributed by atoms with Crippen molar-refractivity contribution in [3.63, 3.8) is 0 Å². The summed E-state index contributed by atoms with van der Waals surface area (Å²) in [5.41, 5.74) is 1.12. The maximum atomic E-state index is 12.0. The maximum absolute atomic E-state index is 12.0. The topological polar surface area (TPSA) is 67.4 Å². The molecule has 0 aliphatic heterocycles. The standard InChI is InChI=1S/C18H22N2O3S/c1-23-17(22)10-5-11-19-16(21)13-20-18(15-9-6-12-24-15)14-7-3-2-4-8-14/h2-4,6-9,12,18,20H,5,10-11,13H2,1H3,(H,19,21)/t18-/m0/s1. The molecular formula is C18H22N2O3S. The number of amides is 1. The van der Waals surface area contributed by atoms with Crippen molar-refractivity contribution in [3.05, 3.63) is 58.3 Å². The normalized spacial score (nSPS) is 11.7. The summed E-state index contributed by atoms with van der Waals surface area (Å²) in [5, 5.41) is 8.14. The van der Waals surface area contributed by atoms with Crippen LogP contribution in [0.2, 0.25) is 0 Å². The van der Waals surface area contributed by atoms with Crippen LogP contribution in [0.15, 0.2) is 47.8 Å². The minimum Gasteiger partial charge on any atom is -0.469 e. The van der Waals surface area contributed by atoms with E-state index < -0.39 is 0 Å². The first-order valence-electron chi connectivity index (χ1n) is 7.86. The van der Waals surface area contributed by atoms with Crippen molar-refractivity contribution < 1.29 is 14.3 Å². The Morgan fingerprint density at radius 3 is 2.62 bits per heavy atom. The average molecular weight is 346 g/mol. The van der Waals surface area contributed by atoms with Gasteiger partial charge in [-0.15, -0.1) is 11.3 Å². The first kappa shape index (κ1) is 18.2. The molecule has 0 radical (unpaired) electrons. The number of benzene rings is 1.